The van der Waals surface area contributed by atoms with E-state index < -0.39 is 0 Å². The third kappa shape index (κ3) is 3.41. The fourth-order valence-electron chi connectivity index (χ4n) is 3.30. The average molecular weight is 330 g/mol. The summed E-state index contributed by atoms with van der Waals surface area (Å²) in [5.41, 5.74) is 2.27. The van der Waals surface area contributed by atoms with Gasteiger partial charge in [0.15, 0.2) is 11.5 Å². The van der Waals surface area contributed by atoms with E-state index in [2.05, 4.69) is 42.1 Å². The molecule has 0 saturated carbocycles. The van der Waals surface area contributed by atoms with Crippen molar-refractivity contribution in [3.05, 3.63) is 41.3 Å². The molecule has 24 heavy (non-hydrogen) atoms. The number of likely N-dealkylation sites (tertiary alicyclic amines) is 1. The van der Waals surface area contributed by atoms with Crippen molar-refractivity contribution in [2.24, 2.45) is 0 Å². The molecule has 5 nitrogen and oxygen atoms in total. The molecule has 0 aliphatic carbocycles. The standard InChI is InChI=1S/C19H26N2O3/c1-13(2)18-11-15(20-24-18)16-6-5-9-21(16)12-14-7-8-17(22-3)19(10-14)23-4/h7-8,10-11,13,16H,5-6,9,12H2,1-4H3/t16-/m0/s1. The highest BCUT2D eigenvalue weighted by Gasteiger charge is 2.29. The second-order valence-electron chi connectivity index (χ2n) is 6.63. The van der Waals surface area contributed by atoms with Crippen molar-refractivity contribution in [3.63, 3.8) is 0 Å². The van der Waals surface area contributed by atoms with Gasteiger partial charge in [-0.25, -0.2) is 0 Å². The molecule has 0 bridgehead atoms. The van der Waals surface area contributed by atoms with Crippen molar-refractivity contribution in [3.8, 4) is 11.5 Å². The average Bonchev–Trinajstić information content (AvgIpc) is 3.23. The van der Waals surface area contributed by atoms with Gasteiger partial charge in [-0.05, 0) is 37.1 Å². The maximum absolute atomic E-state index is 5.49. The molecule has 1 aromatic carbocycles. The second-order valence-corrected chi connectivity index (χ2v) is 6.63. The number of nitrogens with zero attached hydrogens (tertiary/aromatic N) is 2. The molecule has 5 heteroatoms. The van der Waals surface area contributed by atoms with Crippen molar-refractivity contribution in [2.45, 2.75) is 45.2 Å². The van der Waals surface area contributed by atoms with Crippen LogP contribution in [0.15, 0.2) is 28.8 Å². The fourth-order valence-corrected chi connectivity index (χ4v) is 3.30. The van der Waals surface area contributed by atoms with Crippen LogP contribution in [0.2, 0.25) is 0 Å². The van der Waals surface area contributed by atoms with Crippen molar-refractivity contribution < 1.29 is 14.0 Å². The summed E-state index contributed by atoms with van der Waals surface area (Å²) >= 11 is 0. The predicted octanol–water partition coefficient (Wildman–Crippen LogP) is 4.15. The Morgan fingerprint density at radius 2 is 2.00 bits per heavy atom. The number of methoxy groups -OCH3 is 2. The number of hydrogen-bond donors (Lipinski definition) is 0. The van der Waals surface area contributed by atoms with E-state index in [0.29, 0.717) is 12.0 Å². The molecular weight excluding hydrogens is 304 g/mol. The third-order valence-electron chi connectivity index (χ3n) is 4.65. The fraction of sp³-hybridized carbons (Fsp3) is 0.526. The molecule has 130 valence electrons. The summed E-state index contributed by atoms with van der Waals surface area (Å²) in [6, 6.07) is 8.55. The monoisotopic (exact) mass is 330 g/mol. The Labute approximate surface area is 143 Å². The highest BCUT2D eigenvalue weighted by atomic mass is 16.5. The largest absolute Gasteiger partial charge is 0.493 e. The summed E-state index contributed by atoms with van der Waals surface area (Å²) in [7, 11) is 3.33. The Morgan fingerprint density at radius 1 is 1.21 bits per heavy atom. The predicted molar refractivity (Wildman–Crippen MR) is 92.5 cm³/mol. The summed E-state index contributed by atoms with van der Waals surface area (Å²) in [6.07, 6.45) is 2.30. The lowest BCUT2D eigenvalue weighted by atomic mass is 10.1. The molecule has 3 rings (SSSR count). The highest BCUT2D eigenvalue weighted by molar-refractivity contribution is 5.42. The molecule has 0 N–H and O–H groups in total. The highest BCUT2D eigenvalue weighted by Crippen LogP contribution is 2.35. The molecule has 0 unspecified atom stereocenters. The first-order chi connectivity index (χ1) is 11.6. The van der Waals surface area contributed by atoms with Crippen LogP contribution in [-0.4, -0.2) is 30.8 Å². The third-order valence-corrected chi connectivity index (χ3v) is 4.65. The number of benzene rings is 1. The zero-order chi connectivity index (χ0) is 17.1. The van der Waals surface area contributed by atoms with Crippen molar-refractivity contribution >= 4 is 0 Å². The molecule has 1 atom stereocenters. The van der Waals surface area contributed by atoms with E-state index in [-0.39, 0.29) is 0 Å². The Morgan fingerprint density at radius 3 is 2.67 bits per heavy atom. The Hall–Kier alpha value is -2.01. The van der Waals surface area contributed by atoms with Crippen LogP contribution >= 0.6 is 0 Å². The van der Waals surface area contributed by atoms with Gasteiger partial charge in [-0.2, -0.15) is 0 Å². The van der Waals surface area contributed by atoms with E-state index in [1.54, 1.807) is 14.2 Å². The smallest absolute Gasteiger partial charge is 0.161 e. The molecule has 0 spiro atoms. The van der Waals surface area contributed by atoms with E-state index in [4.69, 9.17) is 14.0 Å². The van der Waals surface area contributed by atoms with Crippen LogP contribution in [0.1, 0.15) is 55.7 Å². The van der Waals surface area contributed by atoms with Gasteiger partial charge in [0.25, 0.3) is 0 Å². The van der Waals surface area contributed by atoms with Crippen LogP contribution in [0.25, 0.3) is 0 Å². The summed E-state index contributed by atoms with van der Waals surface area (Å²) in [5.74, 6) is 2.86. The topological polar surface area (TPSA) is 47.7 Å². The Kier molecular flexibility index (Phi) is 5.09. The molecular formula is C19H26N2O3. The lowest BCUT2D eigenvalue weighted by molar-refractivity contribution is 0.235. The Balaban J connectivity index is 1.76. The number of ether oxygens (including phenoxy) is 2. The van der Waals surface area contributed by atoms with Crippen LogP contribution in [0.5, 0.6) is 11.5 Å². The van der Waals surface area contributed by atoms with Gasteiger partial charge in [-0.3, -0.25) is 4.90 Å². The first-order valence-electron chi connectivity index (χ1n) is 8.53. The van der Waals surface area contributed by atoms with Crippen molar-refractivity contribution in [1.82, 2.24) is 10.1 Å². The number of hydrogen-bond acceptors (Lipinski definition) is 5. The number of aromatic nitrogens is 1. The van der Waals surface area contributed by atoms with Crippen LogP contribution in [0.3, 0.4) is 0 Å². The van der Waals surface area contributed by atoms with Crippen molar-refractivity contribution in [2.75, 3.05) is 20.8 Å². The van der Waals surface area contributed by atoms with Gasteiger partial charge in [-0.1, -0.05) is 25.1 Å². The van der Waals surface area contributed by atoms with Gasteiger partial charge in [0.05, 0.1) is 20.3 Å². The lowest BCUT2D eigenvalue weighted by Crippen LogP contribution is -2.23. The van der Waals surface area contributed by atoms with Gasteiger partial charge in [0.2, 0.25) is 0 Å². The van der Waals surface area contributed by atoms with Gasteiger partial charge in [-0.15, -0.1) is 0 Å². The van der Waals surface area contributed by atoms with Crippen molar-refractivity contribution in [1.29, 1.82) is 0 Å². The zero-order valence-corrected chi connectivity index (χ0v) is 14.9. The number of rotatable bonds is 6. The minimum Gasteiger partial charge on any atom is -0.493 e. The minimum absolute atomic E-state index is 0.328. The van der Waals surface area contributed by atoms with Crippen LogP contribution < -0.4 is 9.47 Å². The molecule has 2 aromatic rings. The quantitative estimate of drug-likeness (QED) is 0.796. The van der Waals surface area contributed by atoms with Gasteiger partial charge >= 0.3 is 0 Å². The molecule has 1 aromatic heterocycles. The zero-order valence-electron chi connectivity index (χ0n) is 14.9. The first kappa shape index (κ1) is 16.8. The minimum atomic E-state index is 0.328. The molecule has 0 radical (unpaired) electrons. The van der Waals surface area contributed by atoms with E-state index in [1.165, 1.54) is 12.0 Å². The van der Waals surface area contributed by atoms with E-state index >= 15 is 0 Å². The second kappa shape index (κ2) is 7.26. The molecule has 2 heterocycles. The molecule has 1 saturated heterocycles. The van der Waals surface area contributed by atoms with Gasteiger partial charge in [0, 0.05) is 18.5 Å². The van der Waals surface area contributed by atoms with Crippen LogP contribution in [0.4, 0.5) is 0 Å². The van der Waals surface area contributed by atoms with Crippen LogP contribution in [-0.2, 0) is 6.54 Å². The van der Waals surface area contributed by atoms with E-state index in [9.17, 15) is 0 Å². The maximum Gasteiger partial charge on any atom is 0.161 e. The first-order valence-corrected chi connectivity index (χ1v) is 8.53. The van der Waals surface area contributed by atoms with E-state index in [1.807, 2.05) is 6.07 Å². The normalized spacial score (nSPS) is 18.3. The Bertz CT molecular complexity index is 681. The van der Waals surface area contributed by atoms with Gasteiger partial charge < -0.3 is 14.0 Å². The molecule has 0 amide bonds. The van der Waals surface area contributed by atoms with E-state index in [0.717, 1.165) is 42.5 Å². The molecule has 1 fully saturated rings. The SMILES string of the molecule is COc1ccc(CN2CCC[C@H]2c2cc(C(C)C)on2)cc1OC. The lowest BCUT2D eigenvalue weighted by Gasteiger charge is -2.23. The summed E-state index contributed by atoms with van der Waals surface area (Å²) in [6.45, 7) is 6.19. The summed E-state index contributed by atoms with van der Waals surface area (Å²) in [5, 5.41) is 4.31. The molecule has 1 aliphatic heterocycles. The van der Waals surface area contributed by atoms with Gasteiger partial charge in [0.1, 0.15) is 11.5 Å². The summed E-state index contributed by atoms with van der Waals surface area (Å²) in [4.78, 5) is 2.46. The maximum atomic E-state index is 5.49. The molecule has 1 aliphatic rings. The van der Waals surface area contributed by atoms with Crippen LogP contribution in [0, 0.1) is 0 Å². The summed E-state index contributed by atoms with van der Waals surface area (Å²) < 4.78 is 16.2.